The highest BCUT2D eigenvalue weighted by Crippen LogP contribution is 1.95. The molecule has 0 N–H and O–H groups in total. The van der Waals surface area contributed by atoms with Gasteiger partial charge in [-0.05, 0) is 0 Å². The van der Waals surface area contributed by atoms with Crippen molar-refractivity contribution in [2.45, 2.75) is 6.92 Å². The van der Waals surface area contributed by atoms with Gasteiger partial charge in [0.25, 0.3) is 0 Å². The third kappa shape index (κ3) is 2.52. The van der Waals surface area contributed by atoms with Crippen LogP contribution in [0.25, 0.3) is 0 Å². The van der Waals surface area contributed by atoms with Gasteiger partial charge in [0.15, 0.2) is 0 Å². The van der Waals surface area contributed by atoms with Crippen LogP contribution in [0.5, 0.6) is 0 Å². The van der Waals surface area contributed by atoms with Gasteiger partial charge in [0.1, 0.15) is 0 Å². The predicted octanol–water partition coefficient (Wildman–Crippen LogP) is -1.58. The van der Waals surface area contributed by atoms with Gasteiger partial charge in [-0.3, -0.25) is 13.2 Å². The zero-order valence-electron chi connectivity index (χ0n) is 4.80. The topological polar surface area (TPSA) is 101 Å². The minimum absolute atomic E-state index is 0.306. The Kier molecular flexibility index (Phi) is 3.64. The summed E-state index contributed by atoms with van der Waals surface area (Å²) in [4.78, 5) is 10.2. The maximum absolute atomic E-state index is 10.2. The lowest BCUT2D eigenvalue weighted by Crippen LogP contribution is -2.32. The number of carbonyl (C=O) groups is 1. The summed E-state index contributed by atoms with van der Waals surface area (Å²) in [5.41, 5.74) is 0. The Morgan fingerprint density at radius 3 is 1.60 bits per heavy atom. The summed E-state index contributed by atoms with van der Waals surface area (Å²) in [6, 6.07) is 0. The van der Waals surface area contributed by atoms with Crippen LogP contribution in [-0.4, -0.2) is 27.1 Å². The van der Waals surface area contributed by atoms with Crippen molar-refractivity contribution in [1.29, 1.82) is 0 Å². The van der Waals surface area contributed by atoms with Crippen LogP contribution >= 0.6 is 0 Å². The molecule has 0 heterocycles. The van der Waals surface area contributed by atoms with E-state index in [0.717, 1.165) is 6.92 Å². The summed E-state index contributed by atoms with van der Waals surface area (Å²) in [6.07, 6.45) is 0. The number of carbonyl (C=O) groups excluding carboxylic acids is 1. The minimum Gasteiger partial charge on any atom is -0.754 e. The number of hydrogen-bond acceptors (Lipinski definition) is 5. The van der Waals surface area contributed by atoms with Crippen molar-refractivity contribution >= 4 is 28.4 Å². The number of hydrogen-bond donors (Lipinski definition) is 0. The summed E-state index contributed by atoms with van der Waals surface area (Å²) < 4.78 is 39.3. The predicted molar refractivity (Wildman–Crippen MR) is 30.4 cm³/mol. The molecule has 2 unspecified atom stereocenters. The lowest BCUT2D eigenvalue weighted by atomic mass is 10.8. The molecule has 1 amide bonds. The maximum atomic E-state index is 10.2. The van der Waals surface area contributed by atoms with Crippen LogP contribution in [0, 0.1) is 0 Å². The first kappa shape index (κ1) is 9.69. The molecule has 0 spiro atoms. The van der Waals surface area contributed by atoms with Crippen LogP contribution in [-0.2, 0) is 27.3 Å². The molecule has 0 rings (SSSR count). The van der Waals surface area contributed by atoms with Crippen molar-refractivity contribution < 1.29 is 22.3 Å². The highest BCUT2D eigenvalue weighted by Gasteiger charge is 2.08. The van der Waals surface area contributed by atoms with Crippen LogP contribution < -0.4 is 0 Å². The van der Waals surface area contributed by atoms with Gasteiger partial charge in [-0.25, -0.2) is 0 Å². The Hall–Kier alpha value is -0.310. The van der Waals surface area contributed by atoms with Crippen molar-refractivity contribution in [3.05, 3.63) is 0 Å². The molecule has 60 valence electrons. The molecule has 8 heteroatoms. The average Bonchev–Trinajstić information content (AvgIpc) is 1.59. The van der Waals surface area contributed by atoms with Gasteiger partial charge in [-0.2, -0.15) is 3.71 Å². The molecule has 0 aromatic rings. The van der Waals surface area contributed by atoms with E-state index < -0.39 is 28.4 Å². The molecule has 0 radical (unpaired) electrons. The van der Waals surface area contributed by atoms with Gasteiger partial charge in [-0.1, -0.05) is 0 Å². The Morgan fingerprint density at radius 2 is 1.60 bits per heavy atom. The number of nitrogens with zero attached hydrogens (tertiary/aromatic N) is 1. The molecule has 0 aromatic heterocycles. The zero-order chi connectivity index (χ0) is 8.31. The second kappa shape index (κ2) is 3.76. The van der Waals surface area contributed by atoms with E-state index in [9.17, 15) is 22.3 Å². The molecule has 10 heavy (non-hydrogen) atoms. The first-order chi connectivity index (χ1) is 4.46. The fraction of sp³-hybridized carbons (Fsp3) is 0.500. The zero-order valence-corrected chi connectivity index (χ0v) is 6.44. The highest BCUT2D eigenvalue weighted by atomic mass is 32.3. The minimum atomic E-state index is -3.04. The molecule has 2 atom stereocenters. The van der Waals surface area contributed by atoms with Gasteiger partial charge in [-0.15, -0.1) is 0 Å². The largest absolute Gasteiger partial charge is 0.754 e. The van der Waals surface area contributed by atoms with Crippen molar-refractivity contribution in [1.82, 2.24) is 3.71 Å². The molecule has 6 nitrogen and oxygen atoms in total. The van der Waals surface area contributed by atoms with Crippen molar-refractivity contribution in [3.63, 3.8) is 0 Å². The third-order valence-electron chi connectivity index (χ3n) is 0.528. The van der Waals surface area contributed by atoms with E-state index in [1.807, 2.05) is 0 Å². The van der Waals surface area contributed by atoms with Crippen LogP contribution in [0.4, 0.5) is 0 Å². The average molecular weight is 185 g/mol. The summed E-state index contributed by atoms with van der Waals surface area (Å²) in [5, 5.41) is 0. The van der Waals surface area contributed by atoms with E-state index in [4.69, 9.17) is 0 Å². The molecule has 0 aromatic carbocycles. The fourth-order valence-corrected chi connectivity index (χ4v) is 1.08. The van der Waals surface area contributed by atoms with E-state index in [0.29, 0.717) is 0 Å². The van der Waals surface area contributed by atoms with Crippen LogP contribution in [0.2, 0.25) is 0 Å². The summed E-state index contributed by atoms with van der Waals surface area (Å²) in [6.45, 7) is 0.825. The third-order valence-corrected chi connectivity index (χ3v) is 2.31. The second-order valence-corrected chi connectivity index (χ2v) is 3.04. The van der Waals surface area contributed by atoms with Gasteiger partial charge in [0.2, 0.25) is 5.91 Å². The van der Waals surface area contributed by atoms with Crippen LogP contribution in [0.3, 0.4) is 0 Å². The number of amides is 1. The van der Waals surface area contributed by atoms with Crippen LogP contribution in [0.15, 0.2) is 0 Å². The van der Waals surface area contributed by atoms with Crippen molar-refractivity contribution in [2.24, 2.45) is 0 Å². The van der Waals surface area contributed by atoms with Gasteiger partial charge >= 0.3 is 0 Å². The van der Waals surface area contributed by atoms with Gasteiger partial charge in [0.05, 0.1) is 22.5 Å². The molecule has 0 aliphatic carbocycles. The number of rotatable bonds is 2. The Morgan fingerprint density at radius 1 is 1.30 bits per heavy atom. The van der Waals surface area contributed by atoms with E-state index in [1.54, 1.807) is 0 Å². The normalized spacial score (nSPS) is 15.9. The molecule has 0 aliphatic rings. The molecule has 0 saturated carbocycles. The monoisotopic (exact) mass is 185 g/mol. The first-order valence-electron chi connectivity index (χ1n) is 1.96. The highest BCUT2D eigenvalue weighted by molar-refractivity contribution is 7.93. The van der Waals surface area contributed by atoms with Gasteiger partial charge in [0, 0.05) is 6.92 Å². The lowest BCUT2D eigenvalue weighted by Gasteiger charge is -2.23. The quantitative estimate of drug-likeness (QED) is 0.483. The van der Waals surface area contributed by atoms with E-state index >= 15 is 0 Å². The molecule has 0 fully saturated rings. The SMILES string of the molecule is CC(=O)N(S(=O)[O-])S(=O)[O-]. The van der Waals surface area contributed by atoms with E-state index in [-0.39, 0.29) is 3.71 Å². The van der Waals surface area contributed by atoms with Gasteiger partial charge < -0.3 is 9.11 Å². The molecule has 0 saturated heterocycles. The Bertz CT molecular complexity index is 157. The Labute approximate surface area is 62.1 Å². The van der Waals surface area contributed by atoms with E-state index in [2.05, 4.69) is 0 Å². The van der Waals surface area contributed by atoms with Crippen molar-refractivity contribution in [2.75, 3.05) is 0 Å². The van der Waals surface area contributed by atoms with Crippen LogP contribution in [0.1, 0.15) is 6.92 Å². The smallest absolute Gasteiger partial charge is 0.241 e. The first-order valence-corrected chi connectivity index (χ1v) is 4.02. The van der Waals surface area contributed by atoms with Crippen molar-refractivity contribution in [3.8, 4) is 0 Å². The van der Waals surface area contributed by atoms with E-state index in [1.165, 1.54) is 0 Å². The molecular formula is C2H3NO5S2-2. The Balaban J connectivity index is 4.43. The summed E-state index contributed by atoms with van der Waals surface area (Å²) in [5.74, 6) is -1.07. The second-order valence-electron chi connectivity index (χ2n) is 1.21. The maximum Gasteiger partial charge on any atom is 0.241 e. The molecular weight excluding hydrogens is 182 g/mol. The molecule has 0 bridgehead atoms. The lowest BCUT2D eigenvalue weighted by molar-refractivity contribution is -0.121. The standard InChI is InChI=1S/C2H5NO5S2/c1-2(4)3(9(5)6)10(7)8/h1H3,(H,5,6)(H,7,8)/p-2. The summed E-state index contributed by atoms with van der Waals surface area (Å²) in [7, 11) is 0. The molecule has 0 aliphatic heterocycles. The fourth-order valence-electron chi connectivity index (χ4n) is 0.260. The summed E-state index contributed by atoms with van der Waals surface area (Å²) >= 11 is -6.08.